The minimum atomic E-state index is 0.475. The van der Waals surface area contributed by atoms with E-state index in [1.165, 1.54) is 19.3 Å². The molecule has 2 N–H and O–H groups in total. The first-order valence-electron chi connectivity index (χ1n) is 4.89. The van der Waals surface area contributed by atoms with Gasteiger partial charge in [-0.3, -0.25) is 5.26 Å². The Morgan fingerprint density at radius 3 is 2.50 bits per heavy atom. The van der Waals surface area contributed by atoms with Crippen molar-refractivity contribution >= 4 is 0 Å². The summed E-state index contributed by atoms with van der Waals surface area (Å²) in [5, 5.41) is 11.4. The predicted octanol–water partition coefficient (Wildman–Crippen LogP) is 2.04. The molecule has 0 saturated heterocycles. The third-order valence-electron chi connectivity index (χ3n) is 1.77. The molecule has 0 aromatic heterocycles. The van der Waals surface area contributed by atoms with Crippen molar-refractivity contribution < 1.29 is 10.1 Å². The fraction of sp³-hybridized carbons (Fsp3) is 1.00. The van der Waals surface area contributed by atoms with Gasteiger partial charge in [-0.25, -0.2) is 4.89 Å². The number of hydrogen-bond acceptors (Lipinski definition) is 3. The van der Waals surface area contributed by atoms with Gasteiger partial charge in [0.2, 0.25) is 0 Å². The van der Waals surface area contributed by atoms with E-state index in [2.05, 4.69) is 17.1 Å². The first-order chi connectivity index (χ1) is 5.91. The third kappa shape index (κ3) is 9.88. The SMILES string of the molecule is CCCNCCCCCCOO. The number of rotatable bonds is 9. The molecule has 0 aromatic carbocycles. The van der Waals surface area contributed by atoms with Gasteiger partial charge in [-0.1, -0.05) is 19.8 Å². The standard InChI is InChI=1S/C9H21NO2/c1-2-7-10-8-5-3-4-6-9-12-11/h10-11H,2-9H2,1H3. The Labute approximate surface area is 75.0 Å². The van der Waals surface area contributed by atoms with Crippen LogP contribution < -0.4 is 5.32 Å². The highest BCUT2D eigenvalue weighted by Crippen LogP contribution is 1.98. The average Bonchev–Trinajstić information content (AvgIpc) is 2.10. The molecule has 0 rings (SSSR count). The van der Waals surface area contributed by atoms with Crippen LogP contribution in [0.5, 0.6) is 0 Å². The van der Waals surface area contributed by atoms with Gasteiger partial charge in [0, 0.05) is 0 Å². The van der Waals surface area contributed by atoms with Gasteiger partial charge in [0.1, 0.15) is 0 Å². The molecule has 3 nitrogen and oxygen atoms in total. The van der Waals surface area contributed by atoms with Crippen LogP contribution in [0.15, 0.2) is 0 Å². The molecule has 0 amide bonds. The lowest BCUT2D eigenvalue weighted by Crippen LogP contribution is -2.15. The van der Waals surface area contributed by atoms with E-state index < -0.39 is 0 Å². The molecule has 0 aromatic rings. The number of hydrogen-bond donors (Lipinski definition) is 2. The molecule has 0 saturated carbocycles. The Morgan fingerprint density at radius 1 is 1.08 bits per heavy atom. The van der Waals surface area contributed by atoms with Crippen LogP contribution in [0.25, 0.3) is 0 Å². The van der Waals surface area contributed by atoms with E-state index in [0.717, 1.165) is 25.9 Å². The first kappa shape index (κ1) is 11.9. The maximum absolute atomic E-state index is 8.03. The summed E-state index contributed by atoms with van der Waals surface area (Å²) in [4.78, 5) is 3.97. The van der Waals surface area contributed by atoms with Gasteiger partial charge in [0.05, 0.1) is 6.61 Å². The normalized spacial score (nSPS) is 10.5. The van der Waals surface area contributed by atoms with Crippen LogP contribution in [0.3, 0.4) is 0 Å². The fourth-order valence-corrected chi connectivity index (χ4v) is 1.07. The number of unbranched alkanes of at least 4 members (excludes halogenated alkanes) is 3. The van der Waals surface area contributed by atoms with Crippen molar-refractivity contribution in [3.05, 3.63) is 0 Å². The Balaban J connectivity index is 2.73. The zero-order chi connectivity index (χ0) is 9.07. The summed E-state index contributed by atoms with van der Waals surface area (Å²) in [6.07, 6.45) is 5.77. The smallest absolute Gasteiger partial charge is 0.0819 e. The van der Waals surface area contributed by atoms with E-state index in [9.17, 15) is 0 Å². The molecule has 0 aliphatic carbocycles. The van der Waals surface area contributed by atoms with Crippen LogP contribution in [0.2, 0.25) is 0 Å². The largest absolute Gasteiger partial charge is 0.317 e. The van der Waals surface area contributed by atoms with Gasteiger partial charge in [0.15, 0.2) is 0 Å². The van der Waals surface area contributed by atoms with Crippen LogP contribution in [-0.2, 0) is 4.89 Å². The maximum Gasteiger partial charge on any atom is 0.0819 e. The summed E-state index contributed by atoms with van der Waals surface area (Å²) < 4.78 is 0. The predicted molar refractivity (Wildman–Crippen MR) is 50.2 cm³/mol. The lowest BCUT2D eigenvalue weighted by Gasteiger charge is -2.01. The highest BCUT2D eigenvalue weighted by molar-refractivity contribution is 4.47. The lowest BCUT2D eigenvalue weighted by atomic mass is 10.2. The molecule has 0 fully saturated rings. The van der Waals surface area contributed by atoms with Crippen molar-refractivity contribution in [1.29, 1.82) is 0 Å². The van der Waals surface area contributed by atoms with Crippen LogP contribution in [0.4, 0.5) is 0 Å². The average molecular weight is 175 g/mol. The molecule has 0 unspecified atom stereocenters. The molecule has 0 spiro atoms. The van der Waals surface area contributed by atoms with E-state index in [1.54, 1.807) is 0 Å². The summed E-state index contributed by atoms with van der Waals surface area (Å²) in [5.74, 6) is 0. The zero-order valence-corrected chi connectivity index (χ0v) is 8.01. The quantitative estimate of drug-likeness (QED) is 0.320. The molecular weight excluding hydrogens is 154 g/mol. The summed E-state index contributed by atoms with van der Waals surface area (Å²) in [6.45, 7) is 4.89. The molecule has 0 heterocycles. The zero-order valence-electron chi connectivity index (χ0n) is 8.01. The second-order valence-corrected chi connectivity index (χ2v) is 3.00. The van der Waals surface area contributed by atoms with Crippen molar-refractivity contribution in [3.63, 3.8) is 0 Å². The van der Waals surface area contributed by atoms with Gasteiger partial charge >= 0.3 is 0 Å². The molecule has 74 valence electrons. The summed E-state index contributed by atoms with van der Waals surface area (Å²) in [6, 6.07) is 0. The van der Waals surface area contributed by atoms with E-state index in [1.807, 2.05) is 0 Å². The summed E-state index contributed by atoms with van der Waals surface area (Å²) in [7, 11) is 0. The molecule has 3 heteroatoms. The molecule has 0 bridgehead atoms. The highest BCUT2D eigenvalue weighted by Gasteiger charge is 1.89. The summed E-state index contributed by atoms with van der Waals surface area (Å²) >= 11 is 0. The molecular formula is C9H21NO2. The van der Waals surface area contributed by atoms with Crippen molar-refractivity contribution in [1.82, 2.24) is 5.32 Å². The topological polar surface area (TPSA) is 41.5 Å². The Kier molecular flexibility index (Phi) is 10.8. The van der Waals surface area contributed by atoms with E-state index in [0.29, 0.717) is 6.61 Å². The first-order valence-corrected chi connectivity index (χ1v) is 4.89. The third-order valence-corrected chi connectivity index (χ3v) is 1.77. The summed E-state index contributed by atoms with van der Waals surface area (Å²) in [5.41, 5.74) is 0. The van der Waals surface area contributed by atoms with Crippen LogP contribution in [0.1, 0.15) is 39.0 Å². The second-order valence-electron chi connectivity index (χ2n) is 3.00. The van der Waals surface area contributed by atoms with E-state index >= 15 is 0 Å². The van der Waals surface area contributed by atoms with Crippen LogP contribution in [-0.4, -0.2) is 25.0 Å². The van der Waals surface area contributed by atoms with Gasteiger partial charge in [0.25, 0.3) is 0 Å². The van der Waals surface area contributed by atoms with Crippen molar-refractivity contribution in [2.45, 2.75) is 39.0 Å². The van der Waals surface area contributed by atoms with Crippen LogP contribution >= 0.6 is 0 Å². The molecule has 0 aliphatic rings. The maximum atomic E-state index is 8.03. The van der Waals surface area contributed by atoms with Gasteiger partial charge < -0.3 is 5.32 Å². The Morgan fingerprint density at radius 2 is 1.83 bits per heavy atom. The molecule has 12 heavy (non-hydrogen) atoms. The van der Waals surface area contributed by atoms with Crippen molar-refractivity contribution in [3.8, 4) is 0 Å². The monoisotopic (exact) mass is 175 g/mol. The molecule has 0 radical (unpaired) electrons. The van der Waals surface area contributed by atoms with Gasteiger partial charge in [-0.2, -0.15) is 0 Å². The van der Waals surface area contributed by atoms with E-state index in [4.69, 9.17) is 5.26 Å². The van der Waals surface area contributed by atoms with E-state index in [-0.39, 0.29) is 0 Å². The van der Waals surface area contributed by atoms with Crippen molar-refractivity contribution in [2.75, 3.05) is 19.7 Å². The van der Waals surface area contributed by atoms with Crippen LogP contribution in [0, 0.1) is 0 Å². The Bertz CT molecular complexity index is 68.9. The highest BCUT2D eigenvalue weighted by atomic mass is 17.1. The minimum absolute atomic E-state index is 0.475. The lowest BCUT2D eigenvalue weighted by molar-refractivity contribution is -0.242. The van der Waals surface area contributed by atoms with Gasteiger partial charge in [-0.15, -0.1) is 0 Å². The fourth-order valence-electron chi connectivity index (χ4n) is 1.07. The molecule has 0 aliphatic heterocycles. The Hall–Kier alpha value is -0.120. The van der Waals surface area contributed by atoms with Crippen molar-refractivity contribution in [2.24, 2.45) is 0 Å². The molecule has 0 atom stereocenters. The minimum Gasteiger partial charge on any atom is -0.317 e. The number of nitrogens with one attached hydrogen (secondary N) is 1. The second kappa shape index (κ2) is 10.9. The van der Waals surface area contributed by atoms with Gasteiger partial charge in [-0.05, 0) is 32.4 Å².